The first-order valence-corrected chi connectivity index (χ1v) is 22.6. The lowest BCUT2D eigenvalue weighted by Gasteiger charge is -2.47. The van der Waals surface area contributed by atoms with Crippen LogP contribution < -0.4 is 15.2 Å². The van der Waals surface area contributed by atoms with E-state index in [2.05, 4.69) is 52.2 Å². The van der Waals surface area contributed by atoms with Gasteiger partial charge in [-0.2, -0.15) is 13.7 Å². The van der Waals surface area contributed by atoms with Gasteiger partial charge in [0.25, 0.3) is 21.5 Å². The van der Waals surface area contributed by atoms with E-state index >= 15 is 0 Å². The number of nitrogens with one attached hydrogen (secondary N) is 1. The summed E-state index contributed by atoms with van der Waals surface area (Å²) in [4.78, 5) is 49.2. The molecule has 1 saturated carbocycles. The number of pyridine rings is 3. The third kappa shape index (κ3) is 8.97. The van der Waals surface area contributed by atoms with E-state index in [0.717, 1.165) is 0 Å². The summed E-state index contributed by atoms with van der Waals surface area (Å²) in [7, 11) is -4.25. The van der Waals surface area contributed by atoms with Crippen molar-refractivity contribution < 1.29 is 31.1 Å². The summed E-state index contributed by atoms with van der Waals surface area (Å²) in [6.45, 7) is 5.37. The fourth-order valence-corrected chi connectivity index (χ4v) is 10.3. The summed E-state index contributed by atoms with van der Waals surface area (Å²) >= 11 is 7.68. The van der Waals surface area contributed by atoms with Gasteiger partial charge >= 0.3 is 6.36 Å². The maximum Gasteiger partial charge on any atom is 0.522 e. The molecule has 2 aliphatic rings. The molecule has 20 heteroatoms. The number of hydrogen-bond acceptors (Lipinski definition) is 13. The van der Waals surface area contributed by atoms with Crippen molar-refractivity contribution in [3.8, 4) is 29.0 Å². The molecule has 0 atom stereocenters. The average Bonchev–Trinajstić information content (AvgIpc) is 3.69. The number of fused-ring (bicyclic) bond motifs is 2. The highest BCUT2D eigenvalue weighted by Crippen LogP contribution is 2.38. The number of hydrogen-bond donors (Lipinski definition) is 1. The molecule has 1 aliphatic heterocycles. The zero-order chi connectivity index (χ0) is 44.6. The fraction of sp³-hybridized carbons (Fsp3) is 0.326. The Balaban J connectivity index is 1.04. The largest absolute Gasteiger partial charge is 0.522 e. The molecule has 2 fully saturated rings. The number of piperidine rings is 1. The molecule has 0 spiro atoms. The number of carbonyl (C=O) groups excluding carboxylic acids is 1. The van der Waals surface area contributed by atoms with Crippen LogP contribution in [0.2, 0.25) is 5.02 Å². The highest BCUT2D eigenvalue weighted by molar-refractivity contribution is 7.90. The number of thiophene rings is 1. The van der Waals surface area contributed by atoms with Crippen molar-refractivity contribution in [2.24, 2.45) is 0 Å². The Morgan fingerprint density at radius 3 is 2.57 bits per heavy atom. The number of halogens is 4. The van der Waals surface area contributed by atoms with E-state index in [1.165, 1.54) is 52.0 Å². The number of alkyl halides is 3. The molecule has 63 heavy (non-hydrogen) atoms. The standard InChI is InChI=1S/C43H37ClF3N9O5S2/c1-3-55(28-12-17-54(18-13-28)29-20-30(21-29)61-43(45,46)47)40-33(22-48)37-35(23-51-40)52-25(2)56(42(37)58)16-6-7-26-9-10-27(44)19-32(26)31-11-15-50-38-34(24-62-39(31)38)41(57)53-63(59,60)36-8-4-5-14-49-36/h4-5,8-11,14-15,19,23-24,28-30H,3,12-13,16-18,20-21H2,1-2H3,(H,53,57). The number of nitrogens with zero attached hydrogens (tertiary/aromatic N) is 8. The van der Waals surface area contributed by atoms with Gasteiger partial charge in [-0.3, -0.25) is 23.9 Å². The minimum atomic E-state index is -4.64. The Hall–Kier alpha value is -5.96. The number of anilines is 1. The maximum absolute atomic E-state index is 14.3. The Kier molecular flexibility index (Phi) is 12.2. The Morgan fingerprint density at radius 2 is 1.87 bits per heavy atom. The second kappa shape index (κ2) is 17.7. The molecular weight excluding hydrogens is 879 g/mol. The van der Waals surface area contributed by atoms with E-state index in [0.29, 0.717) is 83.4 Å². The van der Waals surface area contributed by atoms with Crippen LogP contribution in [0.1, 0.15) is 59.9 Å². The van der Waals surface area contributed by atoms with E-state index in [9.17, 15) is 36.4 Å². The molecule has 5 aromatic heterocycles. The number of likely N-dealkylation sites (tertiary alicyclic amines) is 1. The van der Waals surface area contributed by atoms with Crippen molar-refractivity contribution in [2.75, 3.05) is 24.5 Å². The number of aryl methyl sites for hydroxylation is 1. The van der Waals surface area contributed by atoms with Gasteiger partial charge in [0.15, 0.2) is 5.03 Å². The van der Waals surface area contributed by atoms with Gasteiger partial charge in [0.2, 0.25) is 0 Å². The zero-order valence-corrected chi connectivity index (χ0v) is 36.1. The van der Waals surface area contributed by atoms with Crippen LogP contribution in [0.5, 0.6) is 0 Å². The van der Waals surface area contributed by atoms with Crippen molar-refractivity contribution >= 4 is 65.8 Å². The molecule has 6 heterocycles. The molecule has 1 aromatic carbocycles. The molecule has 0 radical (unpaired) electrons. The molecule has 324 valence electrons. The van der Waals surface area contributed by atoms with Crippen LogP contribution in [0.15, 0.2) is 76.3 Å². The van der Waals surface area contributed by atoms with Crippen LogP contribution in [0, 0.1) is 30.1 Å². The number of carbonyl (C=O) groups is 1. The topological polar surface area (TPSA) is 176 Å². The lowest BCUT2D eigenvalue weighted by atomic mass is 9.86. The molecule has 14 nitrogen and oxygen atoms in total. The predicted molar refractivity (Wildman–Crippen MR) is 231 cm³/mol. The molecule has 6 aromatic rings. The number of rotatable bonds is 10. The number of nitriles is 1. The monoisotopic (exact) mass is 915 g/mol. The van der Waals surface area contributed by atoms with E-state index in [4.69, 9.17) is 11.6 Å². The first-order valence-electron chi connectivity index (χ1n) is 19.8. The Bertz CT molecular complexity index is 3030. The Morgan fingerprint density at radius 1 is 1.10 bits per heavy atom. The molecular formula is C43H37ClF3N9O5S2. The maximum atomic E-state index is 14.3. The molecule has 0 unspecified atom stereocenters. The van der Waals surface area contributed by atoms with Gasteiger partial charge in [0.05, 0.1) is 45.5 Å². The second-order valence-corrected chi connectivity index (χ2v) is 18.0. The van der Waals surface area contributed by atoms with Crippen LogP contribution in [-0.4, -0.2) is 87.9 Å². The number of ether oxygens (including phenoxy) is 1. The van der Waals surface area contributed by atoms with Gasteiger partial charge in [-0.15, -0.1) is 24.5 Å². The van der Waals surface area contributed by atoms with Gasteiger partial charge < -0.3 is 9.80 Å². The smallest absolute Gasteiger partial charge is 0.353 e. The van der Waals surface area contributed by atoms with Crippen LogP contribution in [0.25, 0.3) is 32.2 Å². The van der Waals surface area contributed by atoms with Gasteiger partial charge in [0, 0.05) is 71.2 Å². The highest BCUT2D eigenvalue weighted by atomic mass is 35.5. The van der Waals surface area contributed by atoms with Crippen molar-refractivity contribution in [3.05, 3.63) is 104 Å². The van der Waals surface area contributed by atoms with E-state index in [-0.39, 0.29) is 51.2 Å². The van der Waals surface area contributed by atoms with Crippen LogP contribution in [-0.2, 0) is 21.3 Å². The zero-order valence-electron chi connectivity index (χ0n) is 33.7. The minimum Gasteiger partial charge on any atom is -0.353 e. The van der Waals surface area contributed by atoms with Gasteiger partial charge in [-0.05, 0) is 75.9 Å². The van der Waals surface area contributed by atoms with Gasteiger partial charge in [-0.25, -0.2) is 19.7 Å². The summed E-state index contributed by atoms with van der Waals surface area (Å²) in [6, 6.07) is 13.4. The third-order valence-corrected chi connectivity index (χ3v) is 13.8. The van der Waals surface area contributed by atoms with Crippen molar-refractivity contribution in [1.82, 2.24) is 34.1 Å². The first-order chi connectivity index (χ1) is 30.2. The van der Waals surface area contributed by atoms with Crippen LogP contribution in [0.4, 0.5) is 19.0 Å². The number of benzene rings is 1. The molecule has 1 aliphatic carbocycles. The second-order valence-electron chi connectivity index (χ2n) is 15.0. The molecule has 0 bridgehead atoms. The average molecular weight is 916 g/mol. The van der Waals surface area contributed by atoms with E-state index < -0.39 is 34.0 Å². The van der Waals surface area contributed by atoms with Crippen LogP contribution in [0.3, 0.4) is 0 Å². The normalized spacial score (nSPS) is 17.2. The summed E-state index contributed by atoms with van der Waals surface area (Å²) in [5, 5.41) is 12.3. The summed E-state index contributed by atoms with van der Waals surface area (Å²) in [6.07, 6.45) is 0.894. The lowest BCUT2D eigenvalue weighted by molar-refractivity contribution is -0.354. The summed E-state index contributed by atoms with van der Waals surface area (Å²) in [5.74, 6) is 6.09. The SMILES string of the molecule is CCN(c1ncc2nc(C)n(CC#Cc3ccc(Cl)cc3-c3ccnc4c(C(=O)NS(=O)(=O)c5ccccn5)csc34)c(=O)c2c1C#N)C1CCN(C2CC(OC(F)(F)F)C2)CC1. The number of aromatic nitrogens is 5. The van der Waals surface area contributed by atoms with Gasteiger partial charge in [0.1, 0.15) is 23.3 Å². The Labute approximate surface area is 368 Å². The minimum absolute atomic E-state index is 0.0152. The van der Waals surface area contributed by atoms with Gasteiger partial charge in [-0.1, -0.05) is 29.5 Å². The number of amides is 1. The summed E-state index contributed by atoms with van der Waals surface area (Å²) in [5.41, 5.74) is 2.03. The molecule has 8 rings (SSSR count). The number of sulfonamides is 1. The third-order valence-electron chi connectivity index (χ3n) is 11.3. The molecule has 1 saturated heterocycles. The van der Waals surface area contributed by atoms with Crippen molar-refractivity contribution in [1.29, 1.82) is 5.26 Å². The quantitative estimate of drug-likeness (QED) is 0.142. The highest BCUT2D eigenvalue weighted by Gasteiger charge is 2.43. The lowest BCUT2D eigenvalue weighted by Crippen LogP contribution is -2.54. The van der Waals surface area contributed by atoms with Crippen LogP contribution >= 0.6 is 22.9 Å². The van der Waals surface area contributed by atoms with E-state index in [1.54, 1.807) is 37.3 Å². The van der Waals surface area contributed by atoms with E-state index in [1.807, 2.05) is 11.8 Å². The molecule has 1 N–H and O–H groups in total. The first kappa shape index (κ1) is 43.7. The van der Waals surface area contributed by atoms with Crippen molar-refractivity contribution in [3.63, 3.8) is 0 Å². The fourth-order valence-electron chi connectivity index (χ4n) is 8.19. The summed E-state index contributed by atoms with van der Waals surface area (Å²) < 4.78 is 71.9. The molecule has 1 amide bonds. The predicted octanol–water partition coefficient (Wildman–Crippen LogP) is 6.83. The van der Waals surface area contributed by atoms with Crippen molar-refractivity contribution in [2.45, 2.75) is 75.7 Å².